The van der Waals surface area contributed by atoms with E-state index in [0.29, 0.717) is 0 Å². The Morgan fingerprint density at radius 2 is 2.22 bits per heavy atom. The van der Waals surface area contributed by atoms with Crippen LogP contribution >= 0.6 is 11.3 Å². The molecule has 1 saturated heterocycles. The monoisotopic (exact) mass is 381 g/mol. The highest BCUT2D eigenvalue weighted by atomic mass is 32.1. The van der Waals surface area contributed by atoms with Gasteiger partial charge in [-0.15, -0.1) is 11.3 Å². The van der Waals surface area contributed by atoms with Gasteiger partial charge in [-0.2, -0.15) is 0 Å². The van der Waals surface area contributed by atoms with Crippen LogP contribution in [0.1, 0.15) is 30.0 Å². The van der Waals surface area contributed by atoms with Crippen LogP contribution in [0.5, 0.6) is 0 Å². The van der Waals surface area contributed by atoms with Crippen molar-refractivity contribution in [3.8, 4) is 0 Å². The van der Waals surface area contributed by atoms with E-state index in [1.165, 1.54) is 0 Å². The van der Waals surface area contributed by atoms with Crippen LogP contribution in [0, 0.1) is 18.3 Å². The summed E-state index contributed by atoms with van der Waals surface area (Å²) in [4.78, 5) is 19.7. The zero-order valence-corrected chi connectivity index (χ0v) is 16.2. The van der Waals surface area contributed by atoms with E-state index in [-0.39, 0.29) is 17.2 Å². The van der Waals surface area contributed by atoms with E-state index in [9.17, 15) is 4.79 Å². The molecule has 27 heavy (non-hydrogen) atoms. The molecule has 2 fully saturated rings. The summed E-state index contributed by atoms with van der Waals surface area (Å²) in [5.41, 5.74) is 2.03. The van der Waals surface area contributed by atoms with E-state index in [2.05, 4.69) is 15.2 Å². The number of carbonyl (C=O) groups excluding carboxylic acids is 1. The van der Waals surface area contributed by atoms with Gasteiger partial charge in [0.15, 0.2) is 0 Å². The average Bonchev–Trinajstić information content (AvgIpc) is 2.96. The number of thiazole rings is 1. The lowest BCUT2D eigenvalue weighted by Crippen LogP contribution is -2.35. The minimum atomic E-state index is 0.149. The maximum atomic E-state index is 12.8. The normalized spacial score (nSPS) is 21.6. The predicted molar refractivity (Wildman–Crippen MR) is 107 cm³/mol. The van der Waals surface area contributed by atoms with E-state index >= 15 is 0 Å². The van der Waals surface area contributed by atoms with Gasteiger partial charge in [-0.05, 0) is 75.0 Å². The second-order valence-corrected chi connectivity index (χ2v) is 9.11. The molecule has 1 amide bonds. The number of aromatic nitrogens is 1. The molecule has 0 radical (unpaired) electrons. The van der Waals surface area contributed by atoms with Crippen molar-refractivity contribution in [2.45, 2.75) is 32.7 Å². The van der Waals surface area contributed by atoms with Crippen LogP contribution in [0.25, 0.3) is 10.2 Å². The zero-order chi connectivity index (χ0) is 18.4. The number of anilines is 1. The third-order valence-electron chi connectivity index (χ3n) is 6.08. The Balaban J connectivity index is 1.19. The lowest BCUT2D eigenvalue weighted by Gasteiger charge is -2.32. The molecule has 6 heteroatoms. The molecule has 1 aliphatic heterocycles. The van der Waals surface area contributed by atoms with Crippen LogP contribution < -0.4 is 5.32 Å². The number of furan rings is 1. The molecular weight excluding hydrogens is 358 g/mol. The van der Waals surface area contributed by atoms with Crippen molar-refractivity contribution in [3.63, 3.8) is 0 Å². The first kappa shape index (κ1) is 17.0. The van der Waals surface area contributed by atoms with Crippen molar-refractivity contribution in [3.05, 3.63) is 47.4 Å². The number of hydrogen-bond donors (Lipinski definition) is 1. The Labute approximate surface area is 162 Å². The van der Waals surface area contributed by atoms with Crippen LogP contribution in [-0.2, 0) is 11.3 Å². The molecule has 2 aliphatic rings. The fourth-order valence-electron chi connectivity index (χ4n) is 4.40. The van der Waals surface area contributed by atoms with Gasteiger partial charge in [-0.25, -0.2) is 4.98 Å². The van der Waals surface area contributed by atoms with Crippen molar-refractivity contribution in [2.24, 2.45) is 11.3 Å². The van der Waals surface area contributed by atoms with E-state index in [1.54, 1.807) is 17.6 Å². The number of nitrogens with zero attached hydrogens (tertiary/aromatic N) is 2. The van der Waals surface area contributed by atoms with E-state index in [0.717, 1.165) is 65.6 Å². The Morgan fingerprint density at radius 1 is 1.37 bits per heavy atom. The molecule has 0 bridgehead atoms. The Morgan fingerprint density at radius 3 is 3.00 bits per heavy atom. The number of rotatable bonds is 4. The topological polar surface area (TPSA) is 58.4 Å². The van der Waals surface area contributed by atoms with Gasteiger partial charge in [0.1, 0.15) is 5.76 Å². The third kappa shape index (κ3) is 3.28. The molecule has 1 aliphatic carbocycles. The predicted octanol–water partition coefficient (Wildman–Crippen LogP) is 4.44. The fourth-order valence-corrected chi connectivity index (χ4v) is 5.21. The summed E-state index contributed by atoms with van der Waals surface area (Å²) in [6, 6.07) is 9.98. The smallest absolute Gasteiger partial charge is 0.228 e. The number of amides is 1. The molecule has 5 nitrogen and oxygen atoms in total. The van der Waals surface area contributed by atoms with Gasteiger partial charge < -0.3 is 9.73 Å². The molecule has 1 aromatic carbocycles. The Bertz CT molecular complexity index is 971. The third-order valence-corrected chi connectivity index (χ3v) is 7.03. The summed E-state index contributed by atoms with van der Waals surface area (Å²) >= 11 is 1.68. The summed E-state index contributed by atoms with van der Waals surface area (Å²) in [6.07, 6.45) is 4.93. The number of hydrogen-bond acceptors (Lipinski definition) is 5. The highest BCUT2D eigenvalue weighted by Crippen LogP contribution is 2.59. The first-order valence-corrected chi connectivity index (χ1v) is 10.4. The van der Waals surface area contributed by atoms with Crippen molar-refractivity contribution in [1.29, 1.82) is 0 Å². The maximum Gasteiger partial charge on any atom is 0.228 e. The molecule has 5 rings (SSSR count). The Hall–Kier alpha value is -2.18. The highest BCUT2D eigenvalue weighted by Gasteiger charge is 2.58. The highest BCUT2D eigenvalue weighted by molar-refractivity contribution is 7.18. The second-order valence-electron chi connectivity index (χ2n) is 7.88. The first-order chi connectivity index (χ1) is 13.1. The lowest BCUT2D eigenvalue weighted by molar-refractivity contribution is -0.118. The maximum absolute atomic E-state index is 12.8. The zero-order valence-electron chi connectivity index (χ0n) is 15.4. The van der Waals surface area contributed by atoms with E-state index in [1.807, 2.05) is 37.3 Å². The molecule has 3 heterocycles. The van der Waals surface area contributed by atoms with Crippen molar-refractivity contribution < 1.29 is 9.21 Å². The average molecular weight is 382 g/mol. The molecule has 1 unspecified atom stereocenters. The molecule has 1 atom stereocenters. The fraction of sp³-hybridized carbons (Fsp3) is 0.429. The number of nitrogens with one attached hydrogen (secondary N) is 1. The quantitative estimate of drug-likeness (QED) is 0.726. The van der Waals surface area contributed by atoms with Crippen molar-refractivity contribution in [2.75, 3.05) is 18.4 Å². The number of carbonyl (C=O) groups is 1. The second kappa shape index (κ2) is 6.46. The van der Waals surface area contributed by atoms with Gasteiger partial charge >= 0.3 is 0 Å². The lowest BCUT2D eigenvalue weighted by atomic mass is 9.90. The number of likely N-dealkylation sites (tertiary alicyclic amines) is 1. The van der Waals surface area contributed by atoms with Crippen LogP contribution in [-0.4, -0.2) is 28.9 Å². The summed E-state index contributed by atoms with van der Waals surface area (Å²) in [6.45, 7) is 4.95. The van der Waals surface area contributed by atoms with Gasteiger partial charge in [0.05, 0.1) is 28.0 Å². The van der Waals surface area contributed by atoms with Crippen LogP contribution in [0.4, 0.5) is 5.69 Å². The molecule has 3 aromatic rings. The summed E-state index contributed by atoms with van der Waals surface area (Å²) in [7, 11) is 0. The first-order valence-electron chi connectivity index (χ1n) is 9.54. The van der Waals surface area contributed by atoms with Gasteiger partial charge in [-0.1, -0.05) is 0 Å². The number of piperidine rings is 1. The molecule has 2 aromatic heterocycles. The minimum Gasteiger partial charge on any atom is -0.468 e. The van der Waals surface area contributed by atoms with Crippen LogP contribution in [0.3, 0.4) is 0 Å². The number of benzene rings is 1. The molecule has 1 saturated carbocycles. The van der Waals surface area contributed by atoms with Crippen LogP contribution in [0.2, 0.25) is 0 Å². The van der Waals surface area contributed by atoms with Gasteiger partial charge in [0.2, 0.25) is 5.91 Å². The van der Waals surface area contributed by atoms with Gasteiger partial charge in [0.25, 0.3) is 0 Å². The molecule has 140 valence electrons. The molecule has 1 spiro atoms. The van der Waals surface area contributed by atoms with Crippen molar-refractivity contribution in [1.82, 2.24) is 9.88 Å². The number of aryl methyl sites for hydroxylation is 1. The number of fused-ring (bicyclic) bond motifs is 1. The van der Waals surface area contributed by atoms with E-state index < -0.39 is 0 Å². The minimum absolute atomic E-state index is 0.149. The van der Waals surface area contributed by atoms with Crippen molar-refractivity contribution >= 4 is 33.1 Å². The molecule has 1 N–H and O–H groups in total. The SMILES string of the molecule is Cc1nc2cc(NC(=O)C3CC34CCN(Cc3ccco3)CC4)ccc2s1. The Kier molecular flexibility index (Phi) is 4.06. The van der Waals surface area contributed by atoms with Gasteiger partial charge in [-0.3, -0.25) is 9.69 Å². The van der Waals surface area contributed by atoms with Crippen LogP contribution in [0.15, 0.2) is 41.0 Å². The van der Waals surface area contributed by atoms with E-state index in [4.69, 9.17) is 4.42 Å². The summed E-state index contributed by atoms with van der Waals surface area (Å²) in [5, 5.41) is 4.17. The summed E-state index contributed by atoms with van der Waals surface area (Å²) < 4.78 is 6.62. The standard InChI is InChI=1S/C21H23N3O2S/c1-14-22-18-11-15(4-5-19(18)27-14)23-20(25)17-12-21(17)6-8-24(9-7-21)13-16-3-2-10-26-16/h2-5,10-11,17H,6-9,12-13H2,1H3,(H,23,25). The largest absolute Gasteiger partial charge is 0.468 e. The van der Waals surface area contributed by atoms with Gasteiger partial charge in [0, 0.05) is 11.6 Å². The summed E-state index contributed by atoms with van der Waals surface area (Å²) in [5.74, 6) is 1.33. The molecular formula is C21H23N3O2S.